The van der Waals surface area contributed by atoms with E-state index >= 15 is 0 Å². The number of carbonyl (C=O) groups is 2. The highest BCUT2D eigenvalue weighted by molar-refractivity contribution is 6.04. The van der Waals surface area contributed by atoms with Crippen LogP contribution < -0.4 is 11.1 Å². The van der Waals surface area contributed by atoms with E-state index in [1.165, 1.54) is 0 Å². The molecule has 1 saturated heterocycles. The number of benzene rings is 2. The number of nitrogens with two attached hydrogens (primary N) is 1. The Bertz CT molecular complexity index is 1100. The predicted molar refractivity (Wildman–Crippen MR) is 120 cm³/mol. The normalized spacial score (nSPS) is 16.4. The van der Waals surface area contributed by atoms with Crippen LogP contribution in [0.15, 0.2) is 54.6 Å². The number of nitrogens with one attached hydrogen (secondary N) is 1. The number of primary amides is 1. The standard InChI is InChI=1S/C24H27N5O2/c1-16-13-17(2)29(27-16)21-10-8-19(9-11-21)24(31)26-20-6-3-5-18(14-20)15-28-12-4-7-22(28)23(25)30/h3,5-6,8-11,13-14,22H,4,7,12,15H2,1-2H3,(H2,25,30)(H,26,31). The smallest absolute Gasteiger partial charge is 0.255 e. The summed E-state index contributed by atoms with van der Waals surface area (Å²) < 4.78 is 1.86. The molecule has 0 spiro atoms. The van der Waals surface area contributed by atoms with Crippen molar-refractivity contribution in [2.45, 2.75) is 39.3 Å². The Labute approximate surface area is 181 Å². The van der Waals surface area contributed by atoms with E-state index in [4.69, 9.17) is 5.73 Å². The average molecular weight is 418 g/mol. The Morgan fingerprint density at radius 1 is 1.13 bits per heavy atom. The van der Waals surface area contributed by atoms with Gasteiger partial charge in [-0.1, -0.05) is 12.1 Å². The topological polar surface area (TPSA) is 93.3 Å². The first kappa shape index (κ1) is 20.8. The molecule has 4 rings (SSSR count). The monoisotopic (exact) mass is 417 g/mol. The molecular formula is C24H27N5O2. The minimum Gasteiger partial charge on any atom is -0.368 e. The van der Waals surface area contributed by atoms with Crippen LogP contribution in [0, 0.1) is 13.8 Å². The third-order valence-corrected chi connectivity index (χ3v) is 5.65. The van der Waals surface area contributed by atoms with Crippen molar-refractivity contribution >= 4 is 17.5 Å². The highest BCUT2D eigenvalue weighted by atomic mass is 16.2. The van der Waals surface area contributed by atoms with Gasteiger partial charge in [0, 0.05) is 23.5 Å². The van der Waals surface area contributed by atoms with Crippen LogP contribution in [0.3, 0.4) is 0 Å². The van der Waals surface area contributed by atoms with Crippen molar-refractivity contribution in [3.05, 3.63) is 77.1 Å². The van der Waals surface area contributed by atoms with Crippen molar-refractivity contribution in [1.82, 2.24) is 14.7 Å². The van der Waals surface area contributed by atoms with Crippen LogP contribution in [-0.2, 0) is 11.3 Å². The van der Waals surface area contributed by atoms with Crippen LogP contribution in [0.25, 0.3) is 5.69 Å². The number of carbonyl (C=O) groups excluding carboxylic acids is 2. The molecule has 7 heteroatoms. The second-order valence-electron chi connectivity index (χ2n) is 8.07. The van der Waals surface area contributed by atoms with Crippen LogP contribution in [0.5, 0.6) is 0 Å². The molecule has 2 heterocycles. The number of hydrogen-bond acceptors (Lipinski definition) is 4. The first-order chi connectivity index (χ1) is 14.9. The Morgan fingerprint density at radius 2 is 1.90 bits per heavy atom. The average Bonchev–Trinajstić information content (AvgIpc) is 3.34. The fourth-order valence-corrected chi connectivity index (χ4v) is 4.17. The van der Waals surface area contributed by atoms with Crippen molar-refractivity contribution in [2.24, 2.45) is 5.73 Å². The lowest BCUT2D eigenvalue weighted by molar-refractivity contribution is -0.122. The summed E-state index contributed by atoms with van der Waals surface area (Å²) in [6, 6.07) is 16.9. The van der Waals surface area contributed by atoms with E-state index in [0.717, 1.165) is 47.7 Å². The van der Waals surface area contributed by atoms with E-state index in [0.29, 0.717) is 12.1 Å². The van der Waals surface area contributed by atoms with Crippen molar-refractivity contribution in [3.8, 4) is 5.69 Å². The molecule has 2 amide bonds. The van der Waals surface area contributed by atoms with Gasteiger partial charge in [0.15, 0.2) is 0 Å². The third kappa shape index (κ3) is 4.67. The van der Waals surface area contributed by atoms with Crippen molar-refractivity contribution in [2.75, 3.05) is 11.9 Å². The zero-order chi connectivity index (χ0) is 22.0. The van der Waals surface area contributed by atoms with Crippen molar-refractivity contribution in [1.29, 1.82) is 0 Å². The molecule has 1 aromatic heterocycles. The summed E-state index contributed by atoms with van der Waals surface area (Å²) in [6.07, 6.45) is 1.77. The van der Waals surface area contributed by atoms with Crippen molar-refractivity contribution < 1.29 is 9.59 Å². The summed E-state index contributed by atoms with van der Waals surface area (Å²) in [5.74, 6) is -0.445. The number of likely N-dealkylation sites (tertiary alicyclic amines) is 1. The molecule has 1 unspecified atom stereocenters. The number of rotatable bonds is 6. The summed E-state index contributed by atoms with van der Waals surface area (Å²) in [5, 5.41) is 7.43. The van der Waals surface area contributed by atoms with Crippen LogP contribution in [-0.4, -0.2) is 39.1 Å². The molecular weight excluding hydrogens is 390 g/mol. The Kier molecular flexibility index (Phi) is 5.86. The zero-order valence-corrected chi connectivity index (χ0v) is 17.8. The molecule has 1 atom stereocenters. The molecule has 3 aromatic rings. The predicted octanol–water partition coefficient (Wildman–Crippen LogP) is 3.19. The fourth-order valence-electron chi connectivity index (χ4n) is 4.17. The van der Waals surface area contributed by atoms with E-state index in [9.17, 15) is 9.59 Å². The maximum atomic E-state index is 12.7. The van der Waals surface area contributed by atoms with Crippen LogP contribution in [0.1, 0.15) is 40.2 Å². The van der Waals surface area contributed by atoms with Gasteiger partial charge in [-0.25, -0.2) is 4.68 Å². The highest BCUT2D eigenvalue weighted by Gasteiger charge is 2.28. The Morgan fingerprint density at radius 3 is 2.58 bits per heavy atom. The highest BCUT2D eigenvalue weighted by Crippen LogP contribution is 2.22. The fraction of sp³-hybridized carbons (Fsp3) is 0.292. The van der Waals surface area contributed by atoms with Gasteiger partial charge in [0.25, 0.3) is 5.91 Å². The summed E-state index contributed by atoms with van der Waals surface area (Å²) in [6.45, 7) is 5.44. The van der Waals surface area contributed by atoms with Crippen LogP contribution in [0.4, 0.5) is 5.69 Å². The van der Waals surface area contributed by atoms with Gasteiger partial charge in [0.2, 0.25) is 5.91 Å². The first-order valence-electron chi connectivity index (χ1n) is 10.5. The van der Waals surface area contributed by atoms with Crippen molar-refractivity contribution in [3.63, 3.8) is 0 Å². The largest absolute Gasteiger partial charge is 0.368 e. The first-order valence-corrected chi connectivity index (χ1v) is 10.5. The Balaban J connectivity index is 1.43. The van der Waals surface area contributed by atoms with E-state index in [1.54, 1.807) is 12.1 Å². The van der Waals surface area contributed by atoms with Gasteiger partial charge in [-0.15, -0.1) is 0 Å². The van der Waals surface area contributed by atoms with Gasteiger partial charge in [-0.3, -0.25) is 14.5 Å². The number of aryl methyl sites for hydroxylation is 2. The van der Waals surface area contributed by atoms with Gasteiger partial charge in [-0.05, 0) is 81.3 Å². The summed E-state index contributed by atoms with van der Waals surface area (Å²) >= 11 is 0. The molecule has 0 saturated carbocycles. The van der Waals surface area contributed by atoms with Gasteiger partial charge in [0.05, 0.1) is 17.4 Å². The molecule has 1 aliphatic rings. The minimum atomic E-state index is -0.272. The SMILES string of the molecule is Cc1cc(C)n(-c2ccc(C(=O)Nc3cccc(CN4CCCC4C(N)=O)c3)cc2)n1. The quantitative estimate of drug-likeness (QED) is 0.644. The lowest BCUT2D eigenvalue weighted by atomic mass is 10.1. The number of anilines is 1. The lowest BCUT2D eigenvalue weighted by Gasteiger charge is -2.22. The molecule has 1 aliphatic heterocycles. The van der Waals surface area contributed by atoms with E-state index in [2.05, 4.69) is 15.3 Å². The molecule has 0 bridgehead atoms. The van der Waals surface area contributed by atoms with Crippen LogP contribution >= 0.6 is 0 Å². The number of amides is 2. The molecule has 3 N–H and O–H groups in total. The van der Waals surface area contributed by atoms with Gasteiger partial charge in [-0.2, -0.15) is 5.10 Å². The van der Waals surface area contributed by atoms with Gasteiger partial charge in [0.1, 0.15) is 0 Å². The van der Waals surface area contributed by atoms with Gasteiger partial charge >= 0.3 is 0 Å². The summed E-state index contributed by atoms with van der Waals surface area (Å²) in [4.78, 5) is 26.4. The van der Waals surface area contributed by atoms with Crippen LogP contribution in [0.2, 0.25) is 0 Å². The number of nitrogens with zero attached hydrogens (tertiary/aromatic N) is 3. The number of hydrogen-bond donors (Lipinski definition) is 2. The molecule has 0 aliphatic carbocycles. The lowest BCUT2D eigenvalue weighted by Crippen LogP contribution is -2.39. The van der Waals surface area contributed by atoms with E-state index in [1.807, 2.05) is 61.0 Å². The molecule has 7 nitrogen and oxygen atoms in total. The molecule has 31 heavy (non-hydrogen) atoms. The maximum Gasteiger partial charge on any atom is 0.255 e. The van der Waals surface area contributed by atoms with E-state index in [-0.39, 0.29) is 17.9 Å². The number of aromatic nitrogens is 2. The third-order valence-electron chi connectivity index (χ3n) is 5.65. The zero-order valence-electron chi connectivity index (χ0n) is 17.8. The summed E-state index contributed by atoms with van der Waals surface area (Å²) in [7, 11) is 0. The molecule has 160 valence electrons. The maximum absolute atomic E-state index is 12.7. The minimum absolute atomic E-state index is 0.173. The second kappa shape index (κ2) is 8.73. The molecule has 1 fully saturated rings. The Hall–Kier alpha value is -3.45. The molecule has 0 radical (unpaired) electrons. The second-order valence-corrected chi connectivity index (χ2v) is 8.07. The molecule has 2 aromatic carbocycles. The van der Waals surface area contributed by atoms with Gasteiger partial charge < -0.3 is 11.1 Å². The van der Waals surface area contributed by atoms with E-state index < -0.39 is 0 Å². The summed E-state index contributed by atoms with van der Waals surface area (Å²) in [5.41, 5.74) is 10.8.